The minimum atomic E-state index is -0.891. The number of nitrogens with zero attached hydrogens (tertiary/aromatic N) is 4. The van der Waals surface area contributed by atoms with Crippen molar-refractivity contribution in [1.29, 1.82) is 0 Å². The SMILES string of the molecule is CN(c1ncc(C2CC2)cn1)[C@H]1CCc2c(c3cc(F)ccc3n2CC(=O)O)C1. The second-order valence-corrected chi connectivity index (χ2v) is 8.16. The summed E-state index contributed by atoms with van der Waals surface area (Å²) in [6.07, 6.45) is 8.63. The van der Waals surface area contributed by atoms with Gasteiger partial charge < -0.3 is 14.6 Å². The molecule has 5 rings (SSSR count). The van der Waals surface area contributed by atoms with Crippen molar-refractivity contribution in [3.63, 3.8) is 0 Å². The molecule has 0 spiro atoms. The minimum absolute atomic E-state index is 0.107. The smallest absolute Gasteiger partial charge is 0.323 e. The van der Waals surface area contributed by atoms with Gasteiger partial charge in [-0.2, -0.15) is 0 Å². The number of aromatic nitrogens is 3. The Labute approximate surface area is 168 Å². The summed E-state index contributed by atoms with van der Waals surface area (Å²) in [5.74, 6) is 0.129. The van der Waals surface area contributed by atoms with Crippen LogP contribution in [0.25, 0.3) is 10.9 Å². The fourth-order valence-electron chi connectivity index (χ4n) is 4.55. The second kappa shape index (κ2) is 6.83. The van der Waals surface area contributed by atoms with Crippen LogP contribution in [0.3, 0.4) is 0 Å². The highest BCUT2D eigenvalue weighted by molar-refractivity contribution is 5.87. The number of hydrogen-bond donors (Lipinski definition) is 1. The average molecular weight is 394 g/mol. The summed E-state index contributed by atoms with van der Waals surface area (Å²) in [7, 11) is 2.00. The molecule has 2 aliphatic rings. The van der Waals surface area contributed by atoms with Crippen LogP contribution < -0.4 is 4.90 Å². The van der Waals surface area contributed by atoms with Gasteiger partial charge in [0.15, 0.2) is 0 Å². The van der Waals surface area contributed by atoms with Crippen molar-refractivity contribution in [3.8, 4) is 0 Å². The molecule has 0 bridgehead atoms. The van der Waals surface area contributed by atoms with Gasteiger partial charge in [0.1, 0.15) is 12.4 Å². The summed E-state index contributed by atoms with van der Waals surface area (Å²) in [6.45, 7) is -0.107. The van der Waals surface area contributed by atoms with Crippen molar-refractivity contribution in [2.45, 2.75) is 50.6 Å². The summed E-state index contributed by atoms with van der Waals surface area (Å²) < 4.78 is 15.8. The van der Waals surface area contributed by atoms with E-state index in [0.717, 1.165) is 35.0 Å². The average Bonchev–Trinajstić information content (AvgIpc) is 3.53. The van der Waals surface area contributed by atoms with Gasteiger partial charge in [-0.1, -0.05) is 0 Å². The summed E-state index contributed by atoms with van der Waals surface area (Å²) in [5.41, 5.74) is 4.04. The van der Waals surface area contributed by atoms with Crippen LogP contribution in [0, 0.1) is 5.82 Å². The van der Waals surface area contributed by atoms with Gasteiger partial charge in [-0.05, 0) is 67.3 Å². The third-order valence-corrected chi connectivity index (χ3v) is 6.27. The Kier molecular flexibility index (Phi) is 4.26. The predicted octanol–water partition coefficient (Wildman–Crippen LogP) is 3.53. The lowest BCUT2D eigenvalue weighted by molar-refractivity contribution is -0.137. The molecule has 2 aliphatic carbocycles. The van der Waals surface area contributed by atoms with Gasteiger partial charge >= 0.3 is 5.97 Å². The van der Waals surface area contributed by atoms with E-state index in [9.17, 15) is 14.3 Å². The third kappa shape index (κ3) is 3.24. The first-order chi connectivity index (χ1) is 14.0. The highest BCUT2D eigenvalue weighted by Crippen LogP contribution is 2.39. The van der Waals surface area contributed by atoms with E-state index in [4.69, 9.17) is 0 Å². The summed E-state index contributed by atoms with van der Waals surface area (Å²) >= 11 is 0. The van der Waals surface area contributed by atoms with Crippen LogP contribution in [-0.2, 0) is 24.2 Å². The van der Waals surface area contributed by atoms with Crippen LogP contribution in [0.5, 0.6) is 0 Å². The number of benzene rings is 1. The summed E-state index contributed by atoms with van der Waals surface area (Å²) in [6, 6.07) is 4.78. The Morgan fingerprint density at radius 3 is 2.72 bits per heavy atom. The van der Waals surface area contributed by atoms with Gasteiger partial charge in [0.05, 0.1) is 0 Å². The lowest BCUT2D eigenvalue weighted by atomic mass is 9.90. The molecule has 3 aromatic rings. The van der Waals surface area contributed by atoms with Gasteiger partial charge in [-0.15, -0.1) is 0 Å². The lowest BCUT2D eigenvalue weighted by Crippen LogP contribution is -2.37. The number of carboxylic acid groups (broad SMARTS) is 1. The predicted molar refractivity (Wildman–Crippen MR) is 108 cm³/mol. The van der Waals surface area contributed by atoms with Gasteiger partial charge in [-0.3, -0.25) is 4.79 Å². The van der Waals surface area contributed by atoms with Crippen LogP contribution in [0.15, 0.2) is 30.6 Å². The van der Waals surface area contributed by atoms with Gasteiger partial charge in [0, 0.05) is 42.1 Å². The lowest BCUT2D eigenvalue weighted by Gasteiger charge is -2.32. The van der Waals surface area contributed by atoms with Crippen molar-refractivity contribution in [1.82, 2.24) is 14.5 Å². The highest BCUT2D eigenvalue weighted by atomic mass is 19.1. The van der Waals surface area contributed by atoms with Crippen LogP contribution in [0.1, 0.15) is 42.0 Å². The molecule has 1 N–H and O–H groups in total. The fraction of sp³-hybridized carbons (Fsp3) is 0.409. The molecule has 0 aliphatic heterocycles. The van der Waals surface area contributed by atoms with Crippen molar-refractivity contribution in [2.75, 3.05) is 11.9 Å². The normalized spacial score (nSPS) is 18.6. The number of anilines is 1. The zero-order valence-corrected chi connectivity index (χ0v) is 16.3. The van der Waals surface area contributed by atoms with Crippen LogP contribution >= 0.6 is 0 Å². The Morgan fingerprint density at radius 2 is 2.03 bits per heavy atom. The maximum Gasteiger partial charge on any atom is 0.323 e. The molecule has 0 amide bonds. The Bertz CT molecular complexity index is 1090. The van der Waals surface area contributed by atoms with E-state index < -0.39 is 5.97 Å². The first-order valence-corrected chi connectivity index (χ1v) is 10.1. The van der Waals surface area contributed by atoms with E-state index in [1.54, 1.807) is 6.07 Å². The topological polar surface area (TPSA) is 71.2 Å². The molecule has 0 radical (unpaired) electrons. The van der Waals surface area contributed by atoms with Crippen LogP contribution in [-0.4, -0.2) is 38.7 Å². The van der Waals surface area contributed by atoms with E-state index in [-0.39, 0.29) is 18.4 Å². The first-order valence-electron chi connectivity index (χ1n) is 10.1. The monoisotopic (exact) mass is 394 g/mol. The standard InChI is InChI=1S/C22H23FN4O2/c1-26(22-24-10-14(11-25-22)13-2-3-13)16-5-7-20-18(9-16)17-8-15(23)4-6-19(17)27(20)12-21(28)29/h4,6,8,10-11,13,16H,2-3,5,7,9,12H2,1H3,(H,28,29)/t16-/m0/s1. The van der Waals surface area contributed by atoms with Crippen molar-refractivity contribution in [3.05, 3.63) is 53.2 Å². The molecule has 1 atom stereocenters. The summed E-state index contributed by atoms with van der Waals surface area (Å²) in [5, 5.41) is 10.1. The Morgan fingerprint density at radius 1 is 1.28 bits per heavy atom. The van der Waals surface area contributed by atoms with E-state index in [0.29, 0.717) is 18.3 Å². The zero-order valence-electron chi connectivity index (χ0n) is 16.3. The highest BCUT2D eigenvalue weighted by Gasteiger charge is 2.30. The van der Waals surface area contributed by atoms with E-state index >= 15 is 0 Å². The van der Waals surface area contributed by atoms with Gasteiger partial charge in [0.2, 0.25) is 5.95 Å². The van der Waals surface area contributed by atoms with E-state index in [2.05, 4.69) is 14.9 Å². The molecule has 2 heterocycles. The van der Waals surface area contributed by atoms with Gasteiger partial charge in [0.25, 0.3) is 0 Å². The second-order valence-electron chi connectivity index (χ2n) is 8.16. The molecular formula is C22H23FN4O2. The number of fused-ring (bicyclic) bond motifs is 3. The fourth-order valence-corrected chi connectivity index (χ4v) is 4.55. The zero-order chi connectivity index (χ0) is 20.1. The number of aliphatic carboxylic acids is 1. The Balaban J connectivity index is 1.47. The molecule has 1 fully saturated rings. The maximum atomic E-state index is 14.0. The van der Waals surface area contributed by atoms with E-state index in [1.807, 2.05) is 24.0 Å². The number of carboxylic acids is 1. The number of likely N-dealkylation sites (N-methyl/N-ethyl adjacent to an activating group) is 1. The molecule has 29 heavy (non-hydrogen) atoms. The van der Waals surface area contributed by atoms with Crippen LogP contribution in [0.2, 0.25) is 0 Å². The van der Waals surface area contributed by atoms with Crippen LogP contribution in [0.4, 0.5) is 10.3 Å². The van der Waals surface area contributed by atoms with E-state index in [1.165, 1.54) is 30.5 Å². The molecule has 2 aromatic heterocycles. The molecule has 0 saturated heterocycles. The minimum Gasteiger partial charge on any atom is -0.480 e. The molecule has 7 heteroatoms. The number of halogens is 1. The number of rotatable bonds is 5. The molecule has 6 nitrogen and oxygen atoms in total. The number of hydrogen-bond acceptors (Lipinski definition) is 4. The first kappa shape index (κ1) is 18.1. The maximum absolute atomic E-state index is 14.0. The van der Waals surface area contributed by atoms with Crippen molar-refractivity contribution < 1.29 is 14.3 Å². The quantitative estimate of drug-likeness (QED) is 0.717. The van der Waals surface area contributed by atoms with Crippen molar-refractivity contribution in [2.24, 2.45) is 0 Å². The van der Waals surface area contributed by atoms with Crippen molar-refractivity contribution >= 4 is 22.8 Å². The molecule has 0 unspecified atom stereocenters. The van der Waals surface area contributed by atoms with Gasteiger partial charge in [-0.25, -0.2) is 14.4 Å². The summed E-state index contributed by atoms with van der Waals surface area (Å²) in [4.78, 5) is 22.6. The molecular weight excluding hydrogens is 371 g/mol. The largest absolute Gasteiger partial charge is 0.480 e. The Hall–Kier alpha value is -2.96. The molecule has 150 valence electrons. The molecule has 1 saturated carbocycles. The molecule has 1 aromatic carbocycles. The third-order valence-electron chi connectivity index (χ3n) is 6.27. The number of carbonyl (C=O) groups is 1.